The van der Waals surface area contributed by atoms with E-state index < -0.39 is 0 Å². The number of pyridine rings is 1. The summed E-state index contributed by atoms with van der Waals surface area (Å²) in [6.45, 7) is 4.34. The van der Waals surface area contributed by atoms with Crippen molar-refractivity contribution in [3.63, 3.8) is 0 Å². The van der Waals surface area contributed by atoms with Gasteiger partial charge in [-0.05, 0) is 37.5 Å². The van der Waals surface area contributed by atoms with Crippen molar-refractivity contribution in [3.8, 4) is 6.07 Å². The number of anilines is 1. The Bertz CT molecular complexity index is 563. The smallest absolute Gasteiger partial charge is 0.131 e. The highest BCUT2D eigenvalue weighted by Gasteiger charge is 2.37. The van der Waals surface area contributed by atoms with E-state index in [0.717, 1.165) is 43.6 Å². The number of hydrogen-bond acceptors (Lipinski definition) is 4. The largest absolute Gasteiger partial charge is 0.377 e. The van der Waals surface area contributed by atoms with Crippen molar-refractivity contribution in [1.29, 1.82) is 5.26 Å². The van der Waals surface area contributed by atoms with E-state index in [1.807, 2.05) is 6.07 Å². The standard InChI is InChI=1S/C16H20ClN3O/c1-12-10-21-7-6-20(12)15-9-13(8-14(17)19-15)16(11-18)4-2-3-5-16/h8-9,12H,2-7,10H2,1H3. The summed E-state index contributed by atoms with van der Waals surface area (Å²) in [5.74, 6) is 0.870. The van der Waals surface area contributed by atoms with Gasteiger partial charge in [0.25, 0.3) is 0 Å². The molecule has 2 heterocycles. The topological polar surface area (TPSA) is 49.1 Å². The summed E-state index contributed by atoms with van der Waals surface area (Å²) in [4.78, 5) is 6.69. The molecule has 0 bridgehead atoms. The quantitative estimate of drug-likeness (QED) is 0.787. The minimum atomic E-state index is -0.378. The molecule has 0 spiro atoms. The van der Waals surface area contributed by atoms with Gasteiger partial charge in [-0.25, -0.2) is 4.98 Å². The lowest BCUT2D eigenvalue weighted by Crippen LogP contribution is -2.44. The molecule has 1 aromatic rings. The van der Waals surface area contributed by atoms with Gasteiger partial charge < -0.3 is 9.64 Å². The molecular formula is C16H20ClN3O. The number of hydrogen-bond donors (Lipinski definition) is 0. The molecule has 5 heteroatoms. The van der Waals surface area contributed by atoms with Gasteiger partial charge in [-0.1, -0.05) is 24.4 Å². The number of aromatic nitrogens is 1. The van der Waals surface area contributed by atoms with Crippen LogP contribution in [-0.2, 0) is 10.2 Å². The van der Waals surface area contributed by atoms with Crippen LogP contribution in [0.3, 0.4) is 0 Å². The lowest BCUT2D eigenvalue weighted by atomic mass is 9.81. The maximum Gasteiger partial charge on any atom is 0.131 e. The van der Waals surface area contributed by atoms with Crippen molar-refractivity contribution >= 4 is 17.4 Å². The Labute approximate surface area is 130 Å². The number of morpholine rings is 1. The second-order valence-corrected chi connectivity index (χ2v) is 6.44. The normalized spacial score (nSPS) is 24.8. The lowest BCUT2D eigenvalue weighted by Gasteiger charge is -2.35. The molecule has 1 saturated carbocycles. The van der Waals surface area contributed by atoms with Gasteiger partial charge in [0.15, 0.2) is 0 Å². The van der Waals surface area contributed by atoms with Crippen LogP contribution in [0, 0.1) is 11.3 Å². The first-order chi connectivity index (χ1) is 10.1. The third-order valence-corrected chi connectivity index (χ3v) is 4.86. The minimum Gasteiger partial charge on any atom is -0.377 e. The molecule has 0 N–H and O–H groups in total. The van der Waals surface area contributed by atoms with Crippen molar-refractivity contribution < 1.29 is 4.74 Å². The fourth-order valence-corrected chi connectivity index (χ4v) is 3.62. The highest BCUT2D eigenvalue weighted by Crippen LogP contribution is 2.42. The summed E-state index contributed by atoms with van der Waals surface area (Å²) in [7, 11) is 0. The van der Waals surface area contributed by atoms with E-state index in [2.05, 4.69) is 28.9 Å². The molecule has 0 radical (unpaired) electrons. The predicted octanol–water partition coefficient (Wildman–Crippen LogP) is 3.30. The third kappa shape index (κ3) is 2.73. The molecule has 0 aromatic carbocycles. The van der Waals surface area contributed by atoms with Gasteiger partial charge in [0.05, 0.1) is 30.7 Å². The van der Waals surface area contributed by atoms with Crippen molar-refractivity contribution in [2.24, 2.45) is 0 Å². The zero-order valence-corrected chi connectivity index (χ0v) is 13.1. The minimum absolute atomic E-state index is 0.277. The average molecular weight is 306 g/mol. The van der Waals surface area contributed by atoms with Gasteiger partial charge >= 0.3 is 0 Å². The van der Waals surface area contributed by atoms with Gasteiger partial charge in [-0.2, -0.15) is 5.26 Å². The Balaban J connectivity index is 1.98. The molecule has 112 valence electrons. The maximum absolute atomic E-state index is 9.67. The predicted molar refractivity (Wildman–Crippen MR) is 82.6 cm³/mol. The molecule has 3 rings (SSSR count). The van der Waals surface area contributed by atoms with Crippen molar-refractivity contribution in [2.75, 3.05) is 24.7 Å². The number of nitriles is 1. The average Bonchev–Trinajstić information content (AvgIpc) is 2.97. The fraction of sp³-hybridized carbons (Fsp3) is 0.625. The van der Waals surface area contributed by atoms with E-state index in [-0.39, 0.29) is 11.5 Å². The van der Waals surface area contributed by atoms with Crippen LogP contribution in [0.25, 0.3) is 0 Å². The van der Waals surface area contributed by atoms with E-state index in [9.17, 15) is 5.26 Å². The summed E-state index contributed by atoms with van der Waals surface area (Å²) in [6, 6.07) is 6.73. The van der Waals surface area contributed by atoms with E-state index >= 15 is 0 Å². The monoisotopic (exact) mass is 305 g/mol. The second-order valence-electron chi connectivity index (χ2n) is 6.06. The third-order valence-electron chi connectivity index (χ3n) is 4.67. The van der Waals surface area contributed by atoms with E-state index in [4.69, 9.17) is 16.3 Å². The molecule has 2 aliphatic rings. The van der Waals surface area contributed by atoms with Crippen LogP contribution in [0.1, 0.15) is 38.2 Å². The number of rotatable bonds is 2. The SMILES string of the molecule is CC1COCCN1c1cc(C2(C#N)CCCC2)cc(Cl)n1. The summed E-state index contributed by atoms with van der Waals surface area (Å²) in [6.07, 6.45) is 4.05. The Morgan fingerprint density at radius 3 is 2.86 bits per heavy atom. The molecule has 1 unspecified atom stereocenters. The van der Waals surface area contributed by atoms with E-state index in [1.54, 1.807) is 0 Å². The molecular weight excluding hydrogens is 286 g/mol. The summed E-state index contributed by atoms with van der Waals surface area (Å²) in [5.41, 5.74) is 0.646. The Morgan fingerprint density at radius 2 is 2.19 bits per heavy atom. The van der Waals surface area contributed by atoms with E-state index in [0.29, 0.717) is 18.4 Å². The summed E-state index contributed by atoms with van der Waals surface area (Å²) in [5, 5.41) is 10.1. The first kappa shape index (κ1) is 14.6. The van der Waals surface area contributed by atoms with Crippen LogP contribution in [0.2, 0.25) is 5.15 Å². The number of nitrogens with zero attached hydrogens (tertiary/aromatic N) is 3. The van der Waals surface area contributed by atoms with Crippen molar-refractivity contribution in [2.45, 2.75) is 44.1 Å². The Morgan fingerprint density at radius 1 is 1.43 bits per heavy atom. The zero-order chi connectivity index (χ0) is 14.9. The number of ether oxygens (including phenoxy) is 1. The first-order valence-electron chi connectivity index (χ1n) is 7.58. The van der Waals surface area contributed by atoms with Gasteiger partial charge in [0.1, 0.15) is 11.0 Å². The van der Waals surface area contributed by atoms with E-state index in [1.165, 1.54) is 0 Å². The summed E-state index contributed by atoms with van der Waals surface area (Å²) >= 11 is 6.24. The summed E-state index contributed by atoms with van der Waals surface area (Å²) < 4.78 is 5.48. The lowest BCUT2D eigenvalue weighted by molar-refractivity contribution is 0.0985. The van der Waals surface area contributed by atoms with Gasteiger partial charge in [-0.3, -0.25) is 0 Å². The van der Waals surface area contributed by atoms with Crippen LogP contribution >= 0.6 is 11.6 Å². The molecule has 2 fully saturated rings. The van der Waals surface area contributed by atoms with Gasteiger partial charge in [-0.15, -0.1) is 0 Å². The number of halogens is 1. The van der Waals surface area contributed by atoms with Crippen molar-refractivity contribution in [1.82, 2.24) is 4.98 Å². The van der Waals surface area contributed by atoms with Crippen LogP contribution in [-0.4, -0.2) is 30.8 Å². The van der Waals surface area contributed by atoms with Crippen LogP contribution in [0.15, 0.2) is 12.1 Å². The van der Waals surface area contributed by atoms with Crippen LogP contribution < -0.4 is 4.90 Å². The first-order valence-corrected chi connectivity index (χ1v) is 7.96. The Kier molecular flexibility index (Phi) is 4.05. The molecule has 1 saturated heterocycles. The second kappa shape index (κ2) is 5.82. The molecule has 1 aliphatic heterocycles. The molecule has 4 nitrogen and oxygen atoms in total. The molecule has 1 aromatic heterocycles. The maximum atomic E-state index is 9.67. The van der Waals surface area contributed by atoms with Crippen LogP contribution in [0.4, 0.5) is 5.82 Å². The molecule has 1 atom stereocenters. The highest BCUT2D eigenvalue weighted by atomic mass is 35.5. The molecule has 0 amide bonds. The Hall–Kier alpha value is -1.31. The van der Waals surface area contributed by atoms with Gasteiger partial charge in [0, 0.05) is 6.54 Å². The van der Waals surface area contributed by atoms with Crippen molar-refractivity contribution in [3.05, 3.63) is 22.8 Å². The van der Waals surface area contributed by atoms with Gasteiger partial charge in [0.2, 0.25) is 0 Å². The highest BCUT2D eigenvalue weighted by molar-refractivity contribution is 6.29. The van der Waals surface area contributed by atoms with Crippen LogP contribution in [0.5, 0.6) is 0 Å². The molecule has 1 aliphatic carbocycles. The fourth-order valence-electron chi connectivity index (χ4n) is 3.42. The zero-order valence-electron chi connectivity index (χ0n) is 12.3. The molecule has 21 heavy (non-hydrogen) atoms.